The van der Waals surface area contributed by atoms with Gasteiger partial charge >= 0.3 is 5.97 Å². The standard InChI is InChI=1S/C12H15NO7/c1-12(15,11(14)19-3)7-20-9-5-4-8(13(16)17)6-10(9)18-2/h4-6,15H,7H2,1-3H3. The fraction of sp³-hybridized carbons (Fsp3) is 0.417. The zero-order valence-electron chi connectivity index (χ0n) is 11.3. The highest BCUT2D eigenvalue weighted by Gasteiger charge is 2.33. The monoisotopic (exact) mass is 285 g/mol. The van der Waals surface area contributed by atoms with Crippen LogP contribution >= 0.6 is 0 Å². The maximum atomic E-state index is 11.3. The average Bonchev–Trinajstić information content (AvgIpc) is 2.43. The molecule has 0 heterocycles. The zero-order valence-corrected chi connectivity index (χ0v) is 11.3. The Morgan fingerprint density at radius 2 is 2.05 bits per heavy atom. The molecule has 0 saturated carbocycles. The predicted octanol–water partition coefficient (Wildman–Crippen LogP) is 0.906. The van der Waals surface area contributed by atoms with Gasteiger partial charge in [-0.3, -0.25) is 10.1 Å². The molecule has 1 rings (SSSR count). The van der Waals surface area contributed by atoms with E-state index in [4.69, 9.17) is 9.47 Å². The molecule has 0 aliphatic carbocycles. The first-order valence-electron chi connectivity index (χ1n) is 5.58. The summed E-state index contributed by atoms with van der Waals surface area (Å²) in [4.78, 5) is 21.3. The van der Waals surface area contributed by atoms with Crippen LogP contribution in [-0.2, 0) is 9.53 Å². The third-order valence-electron chi connectivity index (χ3n) is 2.49. The molecule has 1 atom stereocenters. The molecule has 0 radical (unpaired) electrons. The molecule has 1 aromatic rings. The van der Waals surface area contributed by atoms with Crippen molar-refractivity contribution in [3.63, 3.8) is 0 Å². The summed E-state index contributed by atoms with van der Waals surface area (Å²) in [5.74, 6) is -0.555. The molecule has 0 aliphatic heterocycles. The number of benzene rings is 1. The number of nitro groups is 1. The number of hydrogen-bond donors (Lipinski definition) is 1. The van der Waals surface area contributed by atoms with Gasteiger partial charge in [-0.2, -0.15) is 0 Å². The topological polar surface area (TPSA) is 108 Å². The average molecular weight is 285 g/mol. The summed E-state index contributed by atoms with van der Waals surface area (Å²) in [6, 6.07) is 3.73. The lowest BCUT2D eigenvalue weighted by molar-refractivity contribution is -0.385. The molecular weight excluding hydrogens is 270 g/mol. The van der Waals surface area contributed by atoms with Crippen LogP contribution in [0.5, 0.6) is 11.5 Å². The predicted molar refractivity (Wildman–Crippen MR) is 67.8 cm³/mol. The highest BCUT2D eigenvalue weighted by molar-refractivity contribution is 5.78. The quantitative estimate of drug-likeness (QED) is 0.470. The number of rotatable bonds is 6. The summed E-state index contributed by atoms with van der Waals surface area (Å²) in [5.41, 5.74) is -1.99. The Kier molecular flexibility index (Phi) is 4.87. The number of aliphatic hydroxyl groups is 1. The van der Waals surface area contributed by atoms with Crippen molar-refractivity contribution < 1.29 is 29.0 Å². The smallest absolute Gasteiger partial charge is 0.341 e. The molecule has 8 nitrogen and oxygen atoms in total. The van der Waals surface area contributed by atoms with Gasteiger partial charge in [-0.25, -0.2) is 4.79 Å². The van der Waals surface area contributed by atoms with Crippen LogP contribution in [0.15, 0.2) is 18.2 Å². The molecule has 0 aromatic heterocycles. The zero-order chi connectivity index (χ0) is 15.3. The summed E-state index contributed by atoms with van der Waals surface area (Å²) >= 11 is 0. The molecule has 20 heavy (non-hydrogen) atoms. The van der Waals surface area contributed by atoms with Crippen LogP contribution in [0.25, 0.3) is 0 Å². The van der Waals surface area contributed by atoms with Gasteiger partial charge in [-0.1, -0.05) is 0 Å². The van der Waals surface area contributed by atoms with Crippen molar-refractivity contribution in [3.8, 4) is 11.5 Å². The van der Waals surface area contributed by atoms with E-state index in [1.165, 1.54) is 32.2 Å². The molecule has 1 N–H and O–H groups in total. The van der Waals surface area contributed by atoms with Gasteiger partial charge in [-0.05, 0) is 13.0 Å². The number of esters is 1. The third-order valence-corrected chi connectivity index (χ3v) is 2.49. The third kappa shape index (κ3) is 3.58. The van der Waals surface area contributed by atoms with Crippen LogP contribution in [0.3, 0.4) is 0 Å². The van der Waals surface area contributed by atoms with E-state index in [2.05, 4.69) is 4.74 Å². The molecule has 0 aliphatic rings. The van der Waals surface area contributed by atoms with Crippen LogP contribution in [0, 0.1) is 10.1 Å². The molecule has 110 valence electrons. The molecule has 0 fully saturated rings. The van der Waals surface area contributed by atoms with Gasteiger partial charge in [0.15, 0.2) is 17.1 Å². The Morgan fingerprint density at radius 1 is 1.40 bits per heavy atom. The van der Waals surface area contributed by atoms with Crippen molar-refractivity contribution >= 4 is 11.7 Å². The van der Waals surface area contributed by atoms with E-state index < -0.39 is 16.5 Å². The first-order chi connectivity index (χ1) is 9.31. The Morgan fingerprint density at radius 3 is 2.55 bits per heavy atom. The normalized spacial score (nSPS) is 13.2. The summed E-state index contributed by atoms with van der Waals surface area (Å²) in [6.45, 7) is 0.852. The van der Waals surface area contributed by atoms with Crippen molar-refractivity contribution in [1.29, 1.82) is 0 Å². The molecule has 0 saturated heterocycles. The molecule has 0 bridgehead atoms. The SMILES string of the molecule is COC(=O)C(C)(O)COc1ccc([N+](=O)[O-])cc1OC. The highest BCUT2D eigenvalue weighted by Crippen LogP contribution is 2.31. The summed E-state index contributed by atoms with van der Waals surface area (Å²) in [7, 11) is 2.47. The lowest BCUT2D eigenvalue weighted by Gasteiger charge is -2.21. The van der Waals surface area contributed by atoms with E-state index in [1.807, 2.05) is 0 Å². The van der Waals surface area contributed by atoms with Crippen molar-refractivity contribution in [2.45, 2.75) is 12.5 Å². The minimum absolute atomic E-state index is 0.125. The van der Waals surface area contributed by atoms with Crippen molar-refractivity contribution in [2.75, 3.05) is 20.8 Å². The van der Waals surface area contributed by atoms with Crippen molar-refractivity contribution in [2.24, 2.45) is 0 Å². The largest absolute Gasteiger partial charge is 0.493 e. The Labute approximate surface area is 115 Å². The van der Waals surface area contributed by atoms with Crippen molar-refractivity contribution in [1.82, 2.24) is 0 Å². The number of nitro benzene ring substituents is 1. The van der Waals surface area contributed by atoms with Gasteiger partial charge in [0.25, 0.3) is 5.69 Å². The molecule has 1 aromatic carbocycles. The molecule has 8 heteroatoms. The van der Waals surface area contributed by atoms with E-state index in [9.17, 15) is 20.0 Å². The van der Waals surface area contributed by atoms with Crippen LogP contribution in [0.2, 0.25) is 0 Å². The first kappa shape index (κ1) is 15.7. The molecule has 0 spiro atoms. The van der Waals surface area contributed by atoms with Crippen LogP contribution in [0.1, 0.15) is 6.92 Å². The Balaban J connectivity index is 2.88. The maximum absolute atomic E-state index is 11.3. The number of non-ortho nitro benzene ring substituents is 1. The second kappa shape index (κ2) is 6.20. The fourth-order valence-electron chi connectivity index (χ4n) is 1.39. The van der Waals surface area contributed by atoms with E-state index in [-0.39, 0.29) is 23.8 Å². The molecule has 0 amide bonds. The van der Waals surface area contributed by atoms with E-state index in [0.717, 1.165) is 7.11 Å². The Bertz CT molecular complexity index is 513. The summed E-state index contributed by atoms with van der Waals surface area (Å²) < 4.78 is 14.6. The number of nitrogens with zero attached hydrogens (tertiary/aromatic N) is 1. The van der Waals surface area contributed by atoms with Gasteiger partial charge < -0.3 is 19.3 Å². The van der Waals surface area contributed by atoms with E-state index in [1.54, 1.807) is 0 Å². The number of carbonyl (C=O) groups is 1. The minimum atomic E-state index is -1.83. The maximum Gasteiger partial charge on any atom is 0.341 e. The van der Waals surface area contributed by atoms with Crippen LogP contribution in [0.4, 0.5) is 5.69 Å². The van der Waals surface area contributed by atoms with Gasteiger partial charge in [0.2, 0.25) is 0 Å². The number of hydrogen-bond acceptors (Lipinski definition) is 7. The van der Waals surface area contributed by atoms with Gasteiger partial charge in [0, 0.05) is 6.07 Å². The number of ether oxygens (including phenoxy) is 3. The lowest BCUT2D eigenvalue weighted by Crippen LogP contribution is -2.42. The highest BCUT2D eigenvalue weighted by atomic mass is 16.6. The number of carbonyl (C=O) groups excluding carboxylic acids is 1. The summed E-state index contributed by atoms with van der Waals surface area (Å²) in [6.07, 6.45) is 0. The molecular formula is C12H15NO7. The van der Waals surface area contributed by atoms with Crippen molar-refractivity contribution in [3.05, 3.63) is 28.3 Å². The second-order valence-electron chi connectivity index (χ2n) is 4.15. The van der Waals surface area contributed by atoms with Gasteiger partial charge in [0.1, 0.15) is 6.61 Å². The Hall–Kier alpha value is -2.35. The lowest BCUT2D eigenvalue weighted by atomic mass is 10.1. The van der Waals surface area contributed by atoms with Gasteiger partial charge in [-0.15, -0.1) is 0 Å². The number of methoxy groups -OCH3 is 2. The van der Waals surface area contributed by atoms with E-state index >= 15 is 0 Å². The van der Waals surface area contributed by atoms with E-state index in [0.29, 0.717) is 0 Å². The van der Waals surface area contributed by atoms with Crippen LogP contribution < -0.4 is 9.47 Å². The summed E-state index contributed by atoms with van der Waals surface area (Å²) in [5, 5.41) is 20.4. The fourth-order valence-corrected chi connectivity index (χ4v) is 1.39. The van der Waals surface area contributed by atoms with Gasteiger partial charge in [0.05, 0.1) is 25.2 Å². The second-order valence-corrected chi connectivity index (χ2v) is 4.15. The first-order valence-corrected chi connectivity index (χ1v) is 5.58. The van der Waals surface area contributed by atoms with Crippen LogP contribution in [-0.4, -0.2) is 42.4 Å². The molecule has 1 unspecified atom stereocenters. The minimum Gasteiger partial charge on any atom is -0.493 e.